The van der Waals surface area contributed by atoms with Gasteiger partial charge >= 0.3 is 0 Å². The number of nitrogens with zero attached hydrogens (tertiary/aromatic N) is 1. The van der Waals surface area contributed by atoms with Crippen molar-refractivity contribution in [2.45, 2.75) is 26.3 Å². The largest absolute Gasteiger partial charge is 0.298 e. The maximum absolute atomic E-state index is 4.00. The molecule has 1 rings (SSSR count). The topological polar surface area (TPSA) is 3.24 Å². The predicted molar refractivity (Wildman–Crippen MR) is 57.1 cm³/mol. The van der Waals surface area contributed by atoms with Crippen molar-refractivity contribution in [3.8, 4) is 0 Å². The summed E-state index contributed by atoms with van der Waals surface area (Å²) < 4.78 is 0. The van der Waals surface area contributed by atoms with Crippen molar-refractivity contribution in [2.75, 3.05) is 6.54 Å². The maximum Gasteiger partial charge on any atom is 0.0234 e. The molecule has 0 fully saturated rings. The molecule has 0 bridgehead atoms. The molecule has 0 atom stereocenters. The van der Waals surface area contributed by atoms with Gasteiger partial charge in [-0.25, -0.2) is 0 Å². The number of unbranched alkanes of at least 4 members (excludes halogenated alkanes) is 1. The van der Waals surface area contributed by atoms with E-state index in [0.717, 1.165) is 13.1 Å². The second-order valence-corrected chi connectivity index (χ2v) is 3.39. The molecule has 13 heavy (non-hydrogen) atoms. The predicted octanol–water partition coefficient (Wildman–Crippen LogP) is 3.08. The first-order chi connectivity index (χ1) is 6.33. The lowest BCUT2D eigenvalue weighted by Crippen LogP contribution is -2.16. The molecule has 0 aliphatic carbocycles. The summed E-state index contributed by atoms with van der Waals surface area (Å²) in [6.07, 6.45) is 2.47. The van der Waals surface area contributed by atoms with E-state index in [-0.39, 0.29) is 0 Å². The number of benzene rings is 1. The van der Waals surface area contributed by atoms with Crippen molar-refractivity contribution in [2.24, 2.45) is 0 Å². The second-order valence-electron chi connectivity index (χ2n) is 3.39. The molecular formula is C12H18N. The van der Waals surface area contributed by atoms with Crippen LogP contribution in [0.5, 0.6) is 0 Å². The van der Waals surface area contributed by atoms with Crippen molar-refractivity contribution < 1.29 is 0 Å². The maximum atomic E-state index is 4.00. The Morgan fingerprint density at radius 2 is 1.92 bits per heavy atom. The highest BCUT2D eigenvalue weighted by molar-refractivity contribution is 5.14. The molecule has 0 saturated heterocycles. The van der Waals surface area contributed by atoms with Crippen LogP contribution in [0.25, 0.3) is 0 Å². The van der Waals surface area contributed by atoms with Crippen molar-refractivity contribution in [1.29, 1.82) is 0 Å². The van der Waals surface area contributed by atoms with Crippen LogP contribution < -0.4 is 0 Å². The standard InChI is InChI=1S/C12H18N/c1-3-4-10-13(2)11-12-8-6-5-7-9-12/h5-9H,2-4,10-11H2,1H3. The van der Waals surface area contributed by atoms with Gasteiger partial charge in [0.15, 0.2) is 0 Å². The summed E-state index contributed by atoms with van der Waals surface area (Å²) in [4.78, 5) is 2.12. The lowest BCUT2D eigenvalue weighted by atomic mass is 10.2. The average Bonchev–Trinajstić information content (AvgIpc) is 2.16. The summed E-state index contributed by atoms with van der Waals surface area (Å²) in [7, 11) is 4.00. The van der Waals surface area contributed by atoms with Gasteiger partial charge in [0.2, 0.25) is 0 Å². The molecule has 1 aromatic carbocycles. The van der Waals surface area contributed by atoms with Crippen LogP contribution in [-0.4, -0.2) is 11.4 Å². The Bertz CT molecular complexity index is 218. The van der Waals surface area contributed by atoms with Crippen LogP contribution >= 0.6 is 0 Å². The van der Waals surface area contributed by atoms with Crippen LogP contribution in [0.3, 0.4) is 0 Å². The molecule has 0 spiro atoms. The number of rotatable bonds is 5. The van der Waals surface area contributed by atoms with E-state index < -0.39 is 0 Å². The van der Waals surface area contributed by atoms with Crippen molar-refractivity contribution in [3.63, 3.8) is 0 Å². The van der Waals surface area contributed by atoms with Gasteiger partial charge in [0.25, 0.3) is 0 Å². The zero-order valence-corrected chi connectivity index (χ0v) is 8.37. The minimum Gasteiger partial charge on any atom is -0.298 e. The van der Waals surface area contributed by atoms with Gasteiger partial charge in [0, 0.05) is 13.6 Å². The molecule has 1 radical (unpaired) electrons. The Labute approximate surface area is 81.4 Å². The first-order valence-corrected chi connectivity index (χ1v) is 4.92. The van der Waals surface area contributed by atoms with E-state index in [1.54, 1.807) is 0 Å². The van der Waals surface area contributed by atoms with Crippen LogP contribution in [0.2, 0.25) is 0 Å². The summed E-state index contributed by atoms with van der Waals surface area (Å²) in [6.45, 7) is 4.25. The van der Waals surface area contributed by atoms with E-state index in [0.29, 0.717) is 0 Å². The Hall–Kier alpha value is -0.820. The van der Waals surface area contributed by atoms with Crippen molar-refractivity contribution in [3.05, 3.63) is 42.9 Å². The minimum absolute atomic E-state index is 0.959. The molecule has 0 heterocycles. The van der Waals surface area contributed by atoms with Crippen molar-refractivity contribution in [1.82, 2.24) is 4.90 Å². The molecule has 1 aromatic rings. The van der Waals surface area contributed by atoms with Crippen LogP contribution in [-0.2, 0) is 6.54 Å². The summed E-state index contributed by atoms with van der Waals surface area (Å²) in [5.41, 5.74) is 1.34. The highest BCUT2D eigenvalue weighted by atomic mass is 15.1. The fourth-order valence-electron chi connectivity index (χ4n) is 1.30. The third kappa shape index (κ3) is 4.09. The normalized spacial score (nSPS) is 10.7. The number of hydrogen-bond donors (Lipinski definition) is 0. The summed E-state index contributed by atoms with van der Waals surface area (Å²) in [5.74, 6) is 0. The van der Waals surface area contributed by atoms with Gasteiger partial charge in [-0.3, -0.25) is 4.90 Å². The van der Waals surface area contributed by atoms with E-state index in [4.69, 9.17) is 0 Å². The zero-order chi connectivity index (χ0) is 9.52. The summed E-state index contributed by atoms with van der Waals surface area (Å²) in [5, 5.41) is 0. The van der Waals surface area contributed by atoms with Gasteiger partial charge in [0.1, 0.15) is 0 Å². The lowest BCUT2D eigenvalue weighted by Gasteiger charge is -2.15. The third-order valence-corrected chi connectivity index (χ3v) is 2.08. The average molecular weight is 176 g/mol. The van der Waals surface area contributed by atoms with Gasteiger partial charge in [-0.15, -0.1) is 0 Å². The summed E-state index contributed by atoms with van der Waals surface area (Å²) >= 11 is 0. The van der Waals surface area contributed by atoms with E-state index in [9.17, 15) is 0 Å². The molecule has 0 saturated carbocycles. The second kappa shape index (κ2) is 5.76. The highest BCUT2D eigenvalue weighted by Gasteiger charge is 1.97. The summed E-state index contributed by atoms with van der Waals surface area (Å²) in [6, 6.07) is 10.5. The minimum atomic E-state index is 0.959. The molecule has 0 amide bonds. The van der Waals surface area contributed by atoms with Crippen LogP contribution in [0, 0.1) is 7.05 Å². The van der Waals surface area contributed by atoms with Crippen molar-refractivity contribution >= 4 is 0 Å². The first-order valence-electron chi connectivity index (χ1n) is 4.92. The van der Waals surface area contributed by atoms with E-state index in [2.05, 4.69) is 43.1 Å². The van der Waals surface area contributed by atoms with Gasteiger partial charge in [-0.2, -0.15) is 0 Å². The molecule has 0 aliphatic rings. The van der Waals surface area contributed by atoms with Gasteiger partial charge < -0.3 is 0 Å². The molecule has 0 aromatic heterocycles. The quantitative estimate of drug-likeness (QED) is 0.666. The Kier molecular flexibility index (Phi) is 4.55. The molecule has 1 nitrogen and oxygen atoms in total. The van der Waals surface area contributed by atoms with E-state index in [1.165, 1.54) is 18.4 Å². The van der Waals surface area contributed by atoms with Crippen LogP contribution in [0.4, 0.5) is 0 Å². The monoisotopic (exact) mass is 176 g/mol. The van der Waals surface area contributed by atoms with E-state index >= 15 is 0 Å². The van der Waals surface area contributed by atoms with Crippen LogP contribution in [0.1, 0.15) is 25.3 Å². The molecule has 71 valence electrons. The van der Waals surface area contributed by atoms with E-state index in [1.807, 2.05) is 6.07 Å². The van der Waals surface area contributed by atoms with Gasteiger partial charge in [-0.05, 0) is 18.5 Å². The fourth-order valence-corrected chi connectivity index (χ4v) is 1.30. The van der Waals surface area contributed by atoms with Gasteiger partial charge in [-0.1, -0.05) is 43.7 Å². The molecule has 0 unspecified atom stereocenters. The molecule has 0 aliphatic heterocycles. The lowest BCUT2D eigenvalue weighted by molar-refractivity contribution is 0.355. The SMILES string of the molecule is [CH2]N(CCCC)Cc1ccccc1. The molecular weight excluding hydrogens is 158 g/mol. The smallest absolute Gasteiger partial charge is 0.0234 e. The van der Waals surface area contributed by atoms with Crippen LogP contribution in [0.15, 0.2) is 30.3 Å². The van der Waals surface area contributed by atoms with Gasteiger partial charge in [0.05, 0.1) is 0 Å². The first kappa shape index (κ1) is 10.3. The Morgan fingerprint density at radius 3 is 2.54 bits per heavy atom. The fraction of sp³-hybridized carbons (Fsp3) is 0.417. The molecule has 1 heteroatoms. The Balaban J connectivity index is 2.32. The third-order valence-electron chi connectivity index (χ3n) is 2.08. The highest BCUT2D eigenvalue weighted by Crippen LogP contribution is 2.04. The molecule has 0 N–H and O–H groups in total. The zero-order valence-electron chi connectivity index (χ0n) is 8.37. The Morgan fingerprint density at radius 1 is 1.23 bits per heavy atom. The number of hydrogen-bond acceptors (Lipinski definition) is 1.